The van der Waals surface area contributed by atoms with Crippen LogP contribution in [0.2, 0.25) is 0 Å². The first-order chi connectivity index (χ1) is 12.9. The second kappa shape index (κ2) is 8.26. The predicted octanol–water partition coefficient (Wildman–Crippen LogP) is 2.59. The Morgan fingerprint density at radius 1 is 1.11 bits per heavy atom. The summed E-state index contributed by atoms with van der Waals surface area (Å²) < 4.78 is 2.55. The molecule has 1 amide bonds. The third-order valence-electron chi connectivity index (χ3n) is 3.73. The van der Waals surface area contributed by atoms with E-state index in [9.17, 15) is 4.79 Å². The van der Waals surface area contributed by atoms with E-state index in [0.717, 1.165) is 15.9 Å². The summed E-state index contributed by atoms with van der Waals surface area (Å²) in [7, 11) is 0. The maximum atomic E-state index is 12.1. The highest BCUT2D eigenvalue weighted by Gasteiger charge is 2.09. The number of amides is 1. The second-order valence-electron chi connectivity index (χ2n) is 6.07. The number of halogens is 1. The van der Waals surface area contributed by atoms with Crippen LogP contribution in [-0.4, -0.2) is 43.7 Å². The Bertz CT molecular complexity index is 970. The standard InChI is InChI=1S/C18H20BrN7O/c1-11-6-12(2)26(25-11)17-8-16(23-13(3)24-17)21-4-5-22-18(27)14-7-15(19)10-20-9-14/h6-10H,4-5H2,1-3H3,(H,22,27)(H,21,23,24). The van der Waals surface area contributed by atoms with Crippen molar-refractivity contribution < 1.29 is 4.79 Å². The minimum atomic E-state index is -0.173. The van der Waals surface area contributed by atoms with E-state index in [0.29, 0.717) is 36.1 Å². The van der Waals surface area contributed by atoms with Crippen molar-refractivity contribution in [2.75, 3.05) is 18.4 Å². The second-order valence-corrected chi connectivity index (χ2v) is 6.99. The van der Waals surface area contributed by atoms with Gasteiger partial charge in [0.25, 0.3) is 5.91 Å². The summed E-state index contributed by atoms with van der Waals surface area (Å²) in [5.41, 5.74) is 2.45. The average Bonchev–Trinajstić information content (AvgIpc) is 2.96. The van der Waals surface area contributed by atoms with Crippen LogP contribution < -0.4 is 10.6 Å². The number of nitrogens with zero attached hydrogens (tertiary/aromatic N) is 5. The van der Waals surface area contributed by atoms with Crippen LogP contribution in [0.4, 0.5) is 5.82 Å². The number of aryl methyl sites for hydroxylation is 3. The van der Waals surface area contributed by atoms with Crippen molar-refractivity contribution in [3.8, 4) is 5.82 Å². The van der Waals surface area contributed by atoms with Gasteiger partial charge in [0.15, 0.2) is 5.82 Å². The molecule has 0 aliphatic carbocycles. The van der Waals surface area contributed by atoms with Gasteiger partial charge in [-0.05, 0) is 48.8 Å². The van der Waals surface area contributed by atoms with Crippen molar-refractivity contribution in [2.24, 2.45) is 0 Å². The molecule has 0 aliphatic rings. The normalized spacial score (nSPS) is 10.7. The molecule has 2 N–H and O–H groups in total. The molecule has 0 unspecified atom stereocenters. The lowest BCUT2D eigenvalue weighted by molar-refractivity contribution is 0.0954. The monoisotopic (exact) mass is 429 g/mol. The number of pyridine rings is 1. The zero-order valence-corrected chi connectivity index (χ0v) is 16.9. The molecule has 3 heterocycles. The average molecular weight is 430 g/mol. The zero-order chi connectivity index (χ0) is 19.4. The highest BCUT2D eigenvalue weighted by molar-refractivity contribution is 9.10. The predicted molar refractivity (Wildman–Crippen MR) is 106 cm³/mol. The van der Waals surface area contributed by atoms with Crippen LogP contribution in [0.5, 0.6) is 0 Å². The quantitative estimate of drug-likeness (QED) is 0.584. The van der Waals surface area contributed by atoms with Gasteiger partial charge in [0.1, 0.15) is 11.6 Å². The lowest BCUT2D eigenvalue weighted by Gasteiger charge is -2.10. The Balaban J connectivity index is 1.60. The van der Waals surface area contributed by atoms with Crippen molar-refractivity contribution in [1.29, 1.82) is 0 Å². The van der Waals surface area contributed by atoms with Crippen LogP contribution in [0, 0.1) is 20.8 Å². The number of rotatable bonds is 6. The van der Waals surface area contributed by atoms with Gasteiger partial charge >= 0.3 is 0 Å². The largest absolute Gasteiger partial charge is 0.368 e. The number of anilines is 1. The SMILES string of the molecule is Cc1cc(C)n(-c2cc(NCCNC(=O)c3cncc(Br)c3)nc(C)n2)n1. The summed E-state index contributed by atoms with van der Waals surface area (Å²) in [5, 5.41) is 10.5. The molecular weight excluding hydrogens is 410 g/mol. The number of carbonyl (C=O) groups is 1. The lowest BCUT2D eigenvalue weighted by atomic mass is 10.3. The Morgan fingerprint density at radius 3 is 2.63 bits per heavy atom. The van der Waals surface area contributed by atoms with E-state index in [4.69, 9.17) is 0 Å². The van der Waals surface area contributed by atoms with Gasteiger partial charge in [-0.2, -0.15) is 5.10 Å². The molecule has 0 atom stereocenters. The van der Waals surface area contributed by atoms with E-state index >= 15 is 0 Å². The first kappa shape index (κ1) is 19.0. The smallest absolute Gasteiger partial charge is 0.252 e. The summed E-state index contributed by atoms with van der Waals surface area (Å²) in [5.74, 6) is 1.86. The van der Waals surface area contributed by atoms with Crippen LogP contribution in [0.1, 0.15) is 27.6 Å². The molecule has 0 radical (unpaired) electrons. The molecule has 140 valence electrons. The number of nitrogens with one attached hydrogen (secondary N) is 2. The van der Waals surface area contributed by atoms with Crippen molar-refractivity contribution in [3.63, 3.8) is 0 Å². The molecule has 3 rings (SSSR count). The number of aromatic nitrogens is 5. The molecular formula is C18H20BrN7O. The Kier molecular flexibility index (Phi) is 5.80. The van der Waals surface area contributed by atoms with E-state index < -0.39 is 0 Å². The maximum absolute atomic E-state index is 12.1. The van der Waals surface area contributed by atoms with E-state index in [2.05, 4.69) is 46.6 Å². The topological polar surface area (TPSA) is 97.6 Å². The highest BCUT2D eigenvalue weighted by Crippen LogP contribution is 2.14. The van der Waals surface area contributed by atoms with Crippen LogP contribution in [0.15, 0.2) is 35.1 Å². The van der Waals surface area contributed by atoms with Gasteiger partial charge in [0.2, 0.25) is 0 Å². The van der Waals surface area contributed by atoms with Crippen molar-refractivity contribution in [3.05, 3.63) is 57.8 Å². The van der Waals surface area contributed by atoms with Gasteiger partial charge in [-0.3, -0.25) is 9.78 Å². The Labute approximate surface area is 165 Å². The summed E-state index contributed by atoms with van der Waals surface area (Å²) in [6.45, 7) is 6.74. The molecule has 8 nitrogen and oxygen atoms in total. The molecule has 0 aliphatic heterocycles. The highest BCUT2D eigenvalue weighted by atomic mass is 79.9. The Hall–Kier alpha value is -2.81. The molecule has 9 heteroatoms. The van der Waals surface area contributed by atoms with Crippen molar-refractivity contribution in [1.82, 2.24) is 30.0 Å². The van der Waals surface area contributed by atoms with Crippen LogP contribution >= 0.6 is 15.9 Å². The summed E-state index contributed by atoms with van der Waals surface area (Å²) in [6, 6.07) is 5.56. The zero-order valence-electron chi connectivity index (χ0n) is 15.3. The molecule has 0 saturated heterocycles. The van der Waals surface area contributed by atoms with Gasteiger partial charge in [-0.15, -0.1) is 0 Å². The van der Waals surface area contributed by atoms with Gasteiger partial charge in [-0.1, -0.05) is 0 Å². The van der Waals surface area contributed by atoms with Gasteiger partial charge in [0.05, 0.1) is 11.3 Å². The maximum Gasteiger partial charge on any atom is 0.252 e. The summed E-state index contributed by atoms with van der Waals surface area (Å²) in [4.78, 5) is 24.9. The molecule has 3 aromatic rings. The third kappa shape index (κ3) is 4.88. The van der Waals surface area contributed by atoms with E-state index in [1.165, 1.54) is 6.20 Å². The number of hydrogen-bond donors (Lipinski definition) is 2. The summed E-state index contributed by atoms with van der Waals surface area (Å²) >= 11 is 3.31. The van der Waals surface area contributed by atoms with Crippen LogP contribution in [0.3, 0.4) is 0 Å². The number of carbonyl (C=O) groups excluding carboxylic acids is 1. The molecule has 0 saturated carbocycles. The van der Waals surface area contributed by atoms with Crippen molar-refractivity contribution in [2.45, 2.75) is 20.8 Å². The molecule has 0 bridgehead atoms. The van der Waals surface area contributed by atoms with Gasteiger partial charge < -0.3 is 10.6 Å². The van der Waals surface area contributed by atoms with E-state index in [1.54, 1.807) is 16.9 Å². The molecule has 0 spiro atoms. The minimum absolute atomic E-state index is 0.173. The fraction of sp³-hybridized carbons (Fsp3) is 0.278. The fourth-order valence-electron chi connectivity index (χ4n) is 2.62. The minimum Gasteiger partial charge on any atom is -0.368 e. The number of hydrogen-bond acceptors (Lipinski definition) is 6. The fourth-order valence-corrected chi connectivity index (χ4v) is 2.98. The molecule has 0 aromatic carbocycles. The Morgan fingerprint density at radius 2 is 1.93 bits per heavy atom. The summed E-state index contributed by atoms with van der Waals surface area (Å²) in [6.07, 6.45) is 3.16. The first-order valence-corrected chi connectivity index (χ1v) is 9.23. The molecule has 0 fully saturated rings. The first-order valence-electron chi connectivity index (χ1n) is 8.44. The van der Waals surface area contributed by atoms with Gasteiger partial charge in [0, 0.05) is 41.7 Å². The lowest BCUT2D eigenvalue weighted by Crippen LogP contribution is -2.29. The molecule has 3 aromatic heterocycles. The van der Waals surface area contributed by atoms with Gasteiger partial charge in [-0.25, -0.2) is 14.6 Å². The van der Waals surface area contributed by atoms with Crippen LogP contribution in [0.25, 0.3) is 5.82 Å². The third-order valence-corrected chi connectivity index (χ3v) is 4.17. The molecule has 27 heavy (non-hydrogen) atoms. The van der Waals surface area contributed by atoms with E-state index in [1.807, 2.05) is 32.9 Å². The van der Waals surface area contributed by atoms with Crippen LogP contribution in [-0.2, 0) is 0 Å². The van der Waals surface area contributed by atoms with E-state index in [-0.39, 0.29) is 5.91 Å². The van der Waals surface area contributed by atoms with Crippen molar-refractivity contribution >= 4 is 27.7 Å².